The van der Waals surface area contributed by atoms with Crippen molar-refractivity contribution in [2.24, 2.45) is 0 Å². The van der Waals surface area contributed by atoms with Crippen LogP contribution in [0.1, 0.15) is 18.7 Å². The summed E-state index contributed by atoms with van der Waals surface area (Å²) in [4.78, 5) is 7.20. The van der Waals surface area contributed by atoms with Crippen molar-refractivity contribution >= 4 is 28.1 Å². The number of morpholine rings is 1. The van der Waals surface area contributed by atoms with Crippen LogP contribution in [0, 0.1) is 0 Å². The second kappa shape index (κ2) is 4.49. The lowest BCUT2D eigenvalue weighted by Crippen LogP contribution is -2.53. The molecule has 1 aliphatic heterocycles. The molecule has 0 radical (unpaired) electrons. The number of hydrogen-bond donors (Lipinski definition) is 1. The lowest BCUT2D eigenvalue weighted by Gasteiger charge is -2.41. The van der Waals surface area contributed by atoms with E-state index in [9.17, 15) is 0 Å². The Bertz CT molecular complexity index is 381. The van der Waals surface area contributed by atoms with Gasteiger partial charge in [-0.3, -0.25) is 0 Å². The molecule has 2 heterocycles. The van der Waals surface area contributed by atoms with Crippen molar-refractivity contribution in [1.29, 1.82) is 0 Å². The molecule has 1 aromatic heterocycles. The van der Waals surface area contributed by atoms with Crippen LogP contribution in [0.4, 0.5) is 5.13 Å². The Morgan fingerprint density at radius 3 is 2.94 bits per heavy atom. The topological polar surface area (TPSA) is 45.6 Å². The maximum atomic E-state index is 9.10. The molecule has 16 heavy (non-hydrogen) atoms. The lowest BCUT2D eigenvalue weighted by atomic mass is 10.0. The summed E-state index contributed by atoms with van der Waals surface area (Å²) in [6.07, 6.45) is 0. The zero-order chi connectivity index (χ0) is 11.8. The Morgan fingerprint density at radius 1 is 1.62 bits per heavy atom. The molecule has 0 bridgehead atoms. The number of thiazole rings is 1. The minimum atomic E-state index is -0.0772. The Morgan fingerprint density at radius 2 is 2.38 bits per heavy atom. The molecule has 2 rings (SSSR count). The first-order chi connectivity index (χ1) is 7.54. The maximum Gasteiger partial charge on any atom is 0.187 e. The van der Waals surface area contributed by atoms with Crippen LogP contribution >= 0.6 is 22.9 Å². The second-order valence-corrected chi connectivity index (χ2v) is 5.81. The van der Waals surface area contributed by atoms with E-state index in [2.05, 4.69) is 23.7 Å². The summed E-state index contributed by atoms with van der Waals surface area (Å²) >= 11 is 7.38. The second-order valence-electron chi connectivity index (χ2n) is 4.39. The van der Waals surface area contributed by atoms with Crippen molar-refractivity contribution in [3.63, 3.8) is 0 Å². The van der Waals surface area contributed by atoms with Gasteiger partial charge in [-0.25, -0.2) is 4.98 Å². The summed E-state index contributed by atoms with van der Waals surface area (Å²) in [5.74, 6) is 0. The average Bonchev–Trinajstić information content (AvgIpc) is 2.58. The van der Waals surface area contributed by atoms with Gasteiger partial charge in [-0.1, -0.05) is 22.9 Å². The molecule has 0 unspecified atom stereocenters. The molecule has 0 aliphatic carbocycles. The summed E-state index contributed by atoms with van der Waals surface area (Å²) in [5.41, 5.74) is -0.0772. The largest absolute Gasteiger partial charge is 0.391 e. The SMILES string of the molecule is CC1(C)COCCN1c1nc(Cl)c(CO)s1. The summed E-state index contributed by atoms with van der Waals surface area (Å²) in [6, 6.07) is 0. The van der Waals surface area contributed by atoms with Gasteiger partial charge < -0.3 is 14.7 Å². The highest BCUT2D eigenvalue weighted by atomic mass is 35.5. The van der Waals surface area contributed by atoms with Gasteiger partial charge in [-0.15, -0.1) is 0 Å². The molecule has 1 aliphatic rings. The number of rotatable bonds is 2. The highest BCUT2D eigenvalue weighted by molar-refractivity contribution is 7.16. The minimum absolute atomic E-state index is 0.0543. The first-order valence-corrected chi connectivity index (χ1v) is 6.35. The van der Waals surface area contributed by atoms with Crippen molar-refractivity contribution in [2.45, 2.75) is 26.0 Å². The normalized spacial score (nSPS) is 20.1. The first kappa shape index (κ1) is 12.1. The van der Waals surface area contributed by atoms with E-state index < -0.39 is 0 Å². The molecular formula is C10H15ClN2O2S. The monoisotopic (exact) mass is 262 g/mol. The minimum Gasteiger partial charge on any atom is -0.391 e. The van der Waals surface area contributed by atoms with Gasteiger partial charge in [-0.2, -0.15) is 0 Å². The Kier molecular flexibility index (Phi) is 3.39. The predicted octanol–water partition coefficient (Wildman–Crippen LogP) is 1.90. The van der Waals surface area contributed by atoms with E-state index in [1.807, 2.05) is 0 Å². The lowest BCUT2D eigenvalue weighted by molar-refractivity contribution is 0.0644. The molecule has 0 amide bonds. The van der Waals surface area contributed by atoms with Gasteiger partial charge in [-0.05, 0) is 13.8 Å². The summed E-state index contributed by atoms with van der Waals surface area (Å²) in [7, 11) is 0. The number of hydrogen-bond acceptors (Lipinski definition) is 5. The van der Waals surface area contributed by atoms with Crippen LogP contribution in [-0.2, 0) is 11.3 Å². The number of aliphatic hydroxyl groups excluding tert-OH is 1. The van der Waals surface area contributed by atoms with Crippen LogP contribution in [0.15, 0.2) is 0 Å². The number of halogens is 1. The smallest absolute Gasteiger partial charge is 0.187 e. The Hall–Kier alpha value is -0.360. The third-order valence-corrected chi connectivity index (χ3v) is 4.15. The third-order valence-electron chi connectivity index (χ3n) is 2.66. The van der Waals surface area contributed by atoms with Crippen LogP contribution in [-0.4, -0.2) is 35.4 Å². The fourth-order valence-corrected chi connectivity index (χ4v) is 3.05. The van der Waals surface area contributed by atoms with Gasteiger partial charge >= 0.3 is 0 Å². The molecular weight excluding hydrogens is 248 g/mol. The molecule has 0 spiro atoms. The van der Waals surface area contributed by atoms with Gasteiger partial charge in [0.25, 0.3) is 0 Å². The van der Waals surface area contributed by atoms with Crippen LogP contribution in [0.5, 0.6) is 0 Å². The fraction of sp³-hybridized carbons (Fsp3) is 0.700. The van der Waals surface area contributed by atoms with Gasteiger partial charge in [0.05, 0.1) is 30.2 Å². The van der Waals surface area contributed by atoms with Crippen molar-refractivity contribution in [3.05, 3.63) is 10.0 Å². The van der Waals surface area contributed by atoms with Crippen molar-refractivity contribution in [2.75, 3.05) is 24.7 Å². The van der Waals surface area contributed by atoms with Crippen molar-refractivity contribution in [3.8, 4) is 0 Å². The van der Waals surface area contributed by atoms with E-state index in [0.717, 1.165) is 16.6 Å². The molecule has 0 saturated carbocycles. The third kappa shape index (κ3) is 2.18. The average molecular weight is 263 g/mol. The number of aromatic nitrogens is 1. The van der Waals surface area contributed by atoms with E-state index in [4.69, 9.17) is 21.4 Å². The van der Waals surface area contributed by atoms with Gasteiger partial charge in [0.2, 0.25) is 0 Å². The number of nitrogens with zero attached hydrogens (tertiary/aromatic N) is 2. The molecule has 4 nitrogen and oxygen atoms in total. The van der Waals surface area contributed by atoms with Crippen molar-refractivity contribution in [1.82, 2.24) is 4.98 Å². The van der Waals surface area contributed by atoms with Crippen LogP contribution in [0.2, 0.25) is 5.15 Å². The molecule has 1 aromatic rings. The molecule has 0 aromatic carbocycles. The first-order valence-electron chi connectivity index (χ1n) is 5.16. The van der Waals surface area contributed by atoms with Crippen LogP contribution in [0.3, 0.4) is 0 Å². The standard InChI is InChI=1S/C10H15ClN2O2S/c1-10(2)6-15-4-3-13(10)9-12-8(11)7(5-14)16-9/h14H,3-6H2,1-2H3. The zero-order valence-corrected chi connectivity index (χ0v) is 10.9. The van der Waals surface area contributed by atoms with E-state index in [1.165, 1.54) is 11.3 Å². The fourth-order valence-electron chi connectivity index (χ4n) is 1.75. The maximum absolute atomic E-state index is 9.10. The number of aliphatic hydroxyl groups is 1. The highest BCUT2D eigenvalue weighted by Crippen LogP contribution is 2.34. The van der Waals surface area contributed by atoms with Crippen molar-refractivity contribution < 1.29 is 9.84 Å². The zero-order valence-electron chi connectivity index (χ0n) is 9.36. The molecule has 90 valence electrons. The van der Waals surface area contributed by atoms with E-state index in [-0.39, 0.29) is 12.1 Å². The number of anilines is 1. The van der Waals surface area contributed by atoms with E-state index in [0.29, 0.717) is 18.4 Å². The number of ether oxygens (including phenoxy) is 1. The quantitative estimate of drug-likeness (QED) is 0.884. The van der Waals surface area contributed by atoms with E-state index >= 15 is 0 Å². The molecule has 6 heteroatoms. The summed E-state index contributed by atoms with van der Waals surface area (Å²) in [5, 5.41) is 10.4. The summed E-state index contributed by atoms with van der Waals surface area (Å²) in [6.45, 7) is 6.36. The Balaban J connectivity index is 2.28. The molecule has 0 atom stereocenters. The molecule has 1 N–H and O–H groups in total. The van der Waals surface area contributed by atoms with Gasteiger partial charge in [0.1, 0.15) is 5.15 Å². The highest BCUT2D eigenvalue weighted by Gasteiger charge is 2.32. The predicted molar refractivity (Wildman–Crippen MR) is 65.3 cm³/mol. The Labute approximate surface area is 104 Å². The van der Waals surface area contributed by atoms with E-state index in [1.54, 1.807) is 0 Å². The van der Waals surface area contributed by atoms with Gasteiger partial charge in [0.15, 0.2) is 5.13 Å². The summed E-state index contributed by atoms with van der Waals surface area (Å²) < 4.78 is 5.45. The van der Waals surface area contributed by atoms with Crippen LogP contribution < -0.4 is 4.90 Å². The van der Waals surface area contributed by atoms with Gasteiger partial charge in [0, 0.05) is 6.54 Å². The molecule has 1 fully saturated rings. The molecule has 1 saturated heterocycles. The van der Waals surface area contributed by atoms with Crippen LogP contribution in [0.25, 0.3) is 0 Å².